The van der Waals surface area contributed by atoms with Crippen LogP contribution in [0.25, 0.3) is 0 Å². The molecule has 0 aromatic rings. The van der Waals surface area contributed by atoms with Gasteiger partial charge in [-0.15, -0.1) is 0 Å². The summed E-state index contributed by atoms with van der Waals surface area (Å²) >= 11 is 0. The van der Waals surface area contributed by atoms with Crippen LogP contribution in [0.3, 0.4) is 0 Å². The molecule has 1 unspecified atom stereocenters. The van der Waals surface area contributed by atoms with Crippen molar-refractivity contribution in [1.82, 2.24) is 0 Å². The molecule has 6 heteroatoms. The van der Waals surface area contributed by atoms with E-state index in [1.165, 1.54) is 0 Å². The molecule has 10 heavy (non-hydrogen) atoms. The molecule has 0 saturated heterocycles. The molecule has 62 valence electrons. The fraction of sp³-hybridized carbons (Fsp3) is 1.00. The molecule has 0 spiro atoms. The first-order valence-corrected chi connectivity index (χ1v) is 4.24. The molecule has 0 radical (unpaired) electrons. The lowest BCUT2D eigenvalue weighted by Crippen LogP contribution is -2.28. The second kappa shape index (κ2) is 2.79. The lowest BCUT2D eigenvalue weighted by atomic mass is 10.4. The van der Waals surface area contributed by atoms with Crippen molar-refractivity contribution >= 4 is 10.1 Å². The molecule has 0 aliphatic heterocycles. The lowest BCUT2D eigenvalue weighted by molar-refractivity contribution is -0.0562. The smallest absolute Gasteiger partial charge is 0.245 e. The summed E-state index contributed by atoms with van der Waals surface area (Å²) in [6.07, 6.45) is 0.653. The minimum absolute atomic E-state index is 0.653. The molecule has 3 nitrogen and oxygen atoms in total. The summed E-state index contributed by atoms with van der Waals surface area (Å²) in [5.74, 6) is -2.73. The van der Waals surface area contributed by atoms with Gasteiger partial charge in [0.2, 0.25) is 0 Å². The predicted octanol–water partition coefficient (Wildman–Crippen LogP) is 0.618. The van der Waals surface area contributed by atoms with Gasteiger partial charge in [0.15, 0.2) is 0 Å². The van der Waals surface area contributed by atoms with Crippen LogP contribution in [0.4, 0.5) is 8.78 Å². The molecule has 0 aromatic heterocycles. The van der Waals surface area contributed by atoms with Crippen LogP contribution in [0.1, 0.15) is 6.92 Å². The third-order valence-corrected chi connectivity index (χ3v) is 1.21. The van der Waals surface area contributed by atoms with E-state index in [9.17, 15) is 17.2 Å². The van der Waals surface area contributed by atoms with Crippen molar-refractivity contribution in [2.75, 3.05) is 12.9 Å². The van der Waals surface area contributed by atoms with Gasteiger partial charge in [-0.2, -0.15) is 8.42 Å². The first-order chi connectivity index (χ1) is 4.27. The van der Waals surface area contributed by atoms with Crippen molar-refractivity contribution in [2.24, 2.45) is 0 Å². The van der Waals surface area contributed by atoms with Crippen LogP contribution in [-0.4, -0.2) is 27.2 Å². The lowest BCUT2D eigenvalue weighted by Gasteiger charge is -2.13. The quantitative estimate of drug-likeness (QED) is 0.589. The molecule has 0 N–H and O–H groups in total. The molecular formula is C4H8F2O3S. The van der Waals surface area contributed by atoms with Crippen LogP contribution in [0.2, 0.25) is 0 Å². The summed E-state index contributed by atoms with van der Waals surface area (Å²) in [5, 5.41) is 0. The van der Waals surface area contributed by atoms with E-state index in [0.717, 1.165) is 0 Å². The van der Waals surface area contributed by atoms with E-state index in [0.29, 0.717) is 13.2 Å². The highest BCUT2D eigenvalue weighted by Gasteiger charge is 2.28. The Hall–Kier alpha value is -0.230. The first kappa shape index (κ1) is 9.77. The Morgan fingerprint density at radius 1 is 1.60 bits per heavy atom. The predicted molar refractivity (Wildman–Crippen MR) is 31.4 cm³/mol. The van der Waals surface area contributed by atoms with Crippen molar-refractivity contribution in [2.45, 2.75) is 12.8 Å². The minimum atomic E-state index is -3.91. The van der Waals surface area contributed by atoms with E-state index < -0.39 is 22.6 Å². The number of rotatable bonds is 3. The molecule has 0 saturated carbocycles. The Kier molecular flexibility index (Phi) is 2.73. The van der Waals surface area contributed by atoms with Crippen LogP contribution in [-0.2, 0) is 14.3 Å². The molecule has 0 amide bonds. The molecular weight excluding hydrogens is 166 g/mol. The van der Waals surface area contributed by atoms with E-state index in [4.69, 9.17) is 0 Å². The molecule has 1 atom stereocenters. The van der Waals surface area contributed by atoms with E-state index in [-0.39, 0.29) is 0 Å². The Bertz CT molecular complexity index is 197. The maximum absolute atomic E-state index is 12.3. The average molecular weight is 174 g/mol. The third-order valence-electron chi connectivity index (χ3n) is 0.564. The van der Waals surface area contributed by atoms with Crippen LogP contribution in [0.5, 0.6) is 0 Å². The van der Waals surface area contributed by atoms with Gasteiger partial charge in [-0.05, 0) is 6.92 Å². The van der Waals surface area contributed by atoms with Gasteiger partial charge < -0.3 is 0 Å². The van der Waals surface area contributed by atoms with Gasteiger partial charge in [-0.3, -0.25) is 0 Å². The van der Waals surface area contributed by atoms with E-state index >= 15 is 0 Å². The normalized spacial score (nSPS) is 18.4. The zero-order chi connectivity index (χ0) is 8.41. The summed E-state index contributed by atoms with van der Waals surface area (Å²) in [6.45, 7) is -0.784. The highest BCUT2D eigenvalue weighted by Crippen LogP contribution is 2.14. The Morgan fingerprint density at radius 2 is 2.00 bits per heavy atom. The minimum Gasteiger partial charge on any atom is -0.245 e. The molecule has 0 rings (SSSR count). The van der Waals surface area contributed by atoms with E-state index in [2.05, 4.69) is 4.18 Å². The molecule has 0 fully saturated rings. The van der Waals surface area contributed by atoms with Crippen LogP contribution < -0.4 is 0 Å². The maximum atomic E-state index is 12.3. The maximum Gasteiger partial charge on any atom is 0.267 e. The second-order valence-electron chi connectivity index (χ2n) is 2.02. The van der Waals surface area contributed by atoms with Crippen molar-refractivity contribution in [1.29, 1.82) is 0 Å². The number of halogens is 2. The fourth-order valence-electron chi connectivity index (χ4n) is 0.338. The van der Waals surface area contributed by atoms with E-state index in [1.54, 1.807) is 0 Å². The van der Waals surface area contributed by atoms with Gasteiger partial charge in [-0.25, -0.2) is 13.0 Å². The molecule has 0 bridgehead atoms. The van der Waals surface area contributed by atoms with Gasteiger partial charge in [0.05, 0.1) is 6.26 Å². The second-order valence-corrected chi connectivity index (χ2v) is 3.60. The summed E-state index contributed by atoms with van der Waals surface area (Å²) in [6, 6.07) is 0. The topological polar surface area (TPSA) is 43.4 Å². The van der Waals surface area contributed by atoms with Gasteiger partial charge in [0, 0.05) is 0 Å². The SMILES string of the molecule is CC(F)(CF)OS(C)(=O)=O. The van der Waals surface area contributed by atoms with Crippen LogP contribution >= 0.6 is 0 Å². The van der Waals surface area contributed by atoms with Crippen molar-refractivity contribution in [3.63, 3.8) is 0 Å². The largest absolute Gasteiger partial charge is 0.267 e. The van der Waals surface area contributed by atoms with Gasteiger partial charge >= 0.3 is 0 Å². The number of hydrogen-bond acceptors (Lipinski definition) is 3. The highest BCUT2D eigenvalue weighted by atomic mass is 32.2. The van der Waals surface area contributed by atoms with Crippen molar-refractivity contribution in [3.05, 3.63) is 0 Å². The fourth-order valence-corrected chi connectivity index (χ4v) is 1.01. The monoisotopic (exact) mass is 174 g/mol. The molecule has 0 heterocycles. The number of alkyl halides is 2. The average Bonchev–Trinajstić information content (AvgIpc) is 1.60. The Labute approximate surface area is 58.1 Å². The van der Waals surface area contributed by atoms with Crippen LogP contribution in [0.15, 0.2) is 0 Å². The third kappa shape index (κ3) is 4.63. The summed E-state index contributed by atoms with van der Waals surface area (Å²) in [4.78, 5) is 0. The van der Waals surface area contributed by atoms with Crippen molar-refractivity contribution in [3.8, 4) is 0 Å². The summed E-state index contributed by atoms with van der Waals surface area (Å²) in [7, 11) is -3.91. The van der Waals surface area contributed by atoms with Crippen molar-refractivity contribution < 1.29 is 21.4 Å². The molecule has 0 aliphatic rings. The van der Waals surface area contributed by atoms with Gasteiger partial charge in [-0.1, -0.05) is 0 Å². The highest BCUT2D eigenvalue weighted by molar-refractivity contribution is 7.86. The summed E-state index contributed by atoms with van der Waals surface area (Å²) < 4.78 is 47.9. The Morgan fingerprint density at radius 3 is 2.10 bits per heavy atom. The van der Waals surface area contributed by atoms with Gasteiger partial charge in [0.1, 0.15) is 6.67 Å². The first-order valence-electron chi connectivity index (χ1n) is 2.42. The summed E-state index contributed by atoms with van der Waals surface area (Å²) in [5.41, 5.74) is 0. The zero-order valence-corrected chi connectivity index (χ0v) is 6.41. The van der Waals surface area contributed by atoms with Crippen LogP contribution in [0, 0.1) is 0 Å². The molecule has 0 aliphatic carbocycles. The standard InChI is InChI=1S/C4H8F2O3S/c1-4(6,3-5)9-10(2,7)8/h3H2,1-2H3. The Balaban J connectivity index is 4.16. The van der Waals surface area contributed by atoms with Gasteiger partial charge in [0.25, 0.3) is 16.0 Å². The zero-order valence-electron chi connectivity index (χ0n) is 5.60. The van der Waals surface area contributed by atoms with E-state index in [1.807, 2.05) is 0 Å². The molecule has 0 aromatic carbocycles. The number of hydrogen-bond donors (Lipinski definition) is 0.